The lowest BCUT2D eigenvalue weighted by atomic mass is 9.94. The maximum atomic E-state index is 12.6. The summed E-state index contributed by atoms with van der Waals surface area (Å²) in [4.78, 5) is 25.3. The fourth-order valence-corrected chi connectivity index (χ4v) is 2.76. The zero-order valence-corrected chi connectivity index (χ0v) is 16.1. The number of nitrogens with zero attached hydrogens (tertiary/aromatic N) is 2. The number of benzene rings is 2. The number of rotatable bonds is 6. The van der Waals surface area contributed by atoms with E-state index in [0.717, 1.165) is 10.5 Å². The second-order valence-corrected chi connectivity index (χ2v) is 5.86. The number of hydrogen-bond acceptors (Lipinski definition) is 5. The van der Waals surface area contributed by atoms with Gasteiger partial charge in [0.2, 0.25) is 5.91 Å². The van der Waals surface area contributed by atoms with Gasteiger partial charge >= 0.3 is 6.09 Å². The Kier molecular flexibility index (Phi) is 8.04. The van der Waals surface area contributed by atoms with Crippen LogP contribution < -0.4 is 4.74 Å². The zero-order chi connectivity index (χ0) is 20.4. The number of hydrogen-bond donors (Lipinski definition) is 0. The third-order valence-corrected chi connectivity index (χ3v) is 4.15. The summed E-state index contributed by atoms with van der Waals surface area (Å²) < 4.78 is 10.5. The van der Waals surface area contributed by atoms with Crippen LogP contribution in [-0.2, 0) is 16.1 Å². The molecular formula is C22H24N2O4. The number of nitriles is 1. The molecule has 1 atom stereocenters. The third-order valence-electron chi connectivity index (χ3n) is 4.15. The van der Waals surface area contributed by atoms with Crippen LogP contribution in [0.2, 0.25) is 0 Å². The average molecular weight is 380 g/mol. The minimum Gasteiger partial charge on any atom is -0.489 e. The van der Waals surface area contributed by atoms with Crippen LogP contribution in [0.5, 0.6) is 5.75 Å². The second-order valence-electron chi connectivity index (χ2n) is 5.86. The lowest BCUT2D eigenvalue weighted by Crippen LogP contribution is -2.35. The van der Waals surface area contributed by atoms with Gasteiger partial charge in [-0.2, -0.15) is 5.26 Å². The molecule has 2 amide bonds. The molecule has 6 heteroatoms. The molecule has 0 aromatic heterocycles. The number of carbonyl (C=O) groups is 2. The third kappa shape index (κ3) is 5.34. The summed E-state index contributed by atoms with van der Waals surface area (Å²) in [6.07, 6.45) is -0.659. The van der Waals surface area contributed by atoms with Crippen molar-refractivity contribution in [2.45, 2.75) is 32.8 Å². The molecule has 0 aliphatic carbocycles. The summed E-state index contributed by atoms with van der Waals surface area (Å²) in [5.74, 6) is -0.442. The Balaban J connectivity index is 0.00000136. The highest BCUT2D eigenvalue weighted by Crippen LogP contribution is 2.26. The monoisotopic (exact) mass is 380 g/mol. The lowest BCUT2D eigenvalue weighted by molar-refractivity contribution is -0.129. The van der Waals surface area contributed by atoms with Crippen LogP contribution in [0.3, 0.4) is 0 Å². The van der Waals surface area contributed by atoms with Gasteiger partial charge in [-0.25, -0.2) is 9.69 Å². The van der Waals surface area contributed by atoms with E-state index in [9.17, 15) is 9.59 Å². The van der Waals surface area contributed by atoms with Crippen molar-refractivity contribution in [3.63, 3.8) is 0 Å². The largest absolute Gasteiger partial charge is 0.489 e. The molecule has 1 saturated heterocycles. The van der Waals surface area contributed by atoms with E-state index in [1.165, 1.54) is 0 Å². The van der Waals surface area contributed by atoms with Crippen molar-refractivity contribution in [2.75, 3.05) is 13.2 Å². The van der Waals surface area contributed by atoms with E-state index in [1.54, 1.807) is 24.3 Å². The molecule has 0 N–H and O–H groups in total. The van der Waals surface area contributed by atoms with Crippen molar-refractivity contribution in [2.24, 2.45) is 0 Å². The molecule has 3 rings (SSSR count). The Morgan fingerprint density at radius 2 is 1.86 bits per heavy atom. The van der Waals surface area contributed by atoms with Gasteiger partial charge in [0, 0.05) is 0 Å². The predicted molar refractivity (Wildman–Crippen MR) is 105 cm³/mol. The lowest BCUT2D eigenvalue weighted by Gasteiger charge is -2.18. The first-order chi connectivity index (χ1) is 13.7. The van der Waals surface area contributed by atoms with Gasteiger partial charge in [-0.15, -0.1) is 0 Å². The fraction of sp³-hybridized carbons (Fsp3) is 0.318. The average Bonchev–Trinajstić information content (AvgIpc) is 3.18. The van der Waals surface area contributed by atoms with Gasteiger partial charge < -0.3 is 9.47 Å². The molecular weight excluding hydrogens is 356 g/mol. The highest BCUT2D eigenvalue weighted by molar-refractivity contribution is 5.96. The fourth-order valence-electron chi connectivity index (χ4n) is 2.76. The van der Waals surface area contributed by atoms with Gasteiger partial charge in [-0.3, -0.25) is 4.79 Å². The molecule has 1 heterocycles. The van der Waals surface area contributed by atoms with E-state index >= 15 is 0 Å². The van der Waals surface area contributed by atoms with Gasteiger partial charge in [-0.1, -0.05) is 56.3 Å². The summed E-state index contributed by atoms with van der Waals surface area (Å²) in [6, 6.07) is 18.8. The summed E-state index contributed by atoms with van der Waals surface area (Å²) in [5.41, 5.74) is 1.73. The Morgan fingerprint density at radius 1 is 1.18 bits per heavy atom. The Morgan fingerprint density at radius 3 is 2.43 bits per heavy atom. The molecule has 2 aromatic carbocycles. The molecule has 1 aliphatic heterocycles. The van der Waals surface area contributed by atoms with E-state index in [0.29, 0.717) is 17.9 Å². The highest BCUT2D eigenvalue weighted by atomic mass is 16.6. The van der Waals surface area contributed by atoms with Crippen LogP contribution in [0.4, 0.5) is 4.79 Å². The molecule has 146 valence electrons. The molecule has 0 saturated carbocycles. The Hall–Kier alpha value is -3.33. The standard InChI is InChI=1S/C20H18N2O4.C2H6/c21-11-10-18(19(23)22-12-13-25-20(22)24)16-6-8-17(9-7-16)26-14-15-4-2-1-3-5-15;1-2/h1-9,18H,10,12-14H2;1-2H3. The Bertz CT molecular complexity index is 813. The van der Waals surface area contributed by atoms with Crippen LogP contribution in [0.25, 0.3) is 0 Å². The van der Waals surface area contributed by atoms with Crippen molar-refractivity contribution in [3.8, 4) is 11.8 Å². The maximum absolute atomic E-state index is 12.6. The molecule has 0 bridgehead atoms. The first-order valence-corrected chi connectivity index (χ1v) is 9.31. The summed E-state index contributed by atoms with van der Waals surface area (Å²) in [6.45, 7) is 4.86. The molecule has 0 radical (unpaired) electrons. The van der Waals surface area contributed by atoms with Crippen molar-refractivity contribution in [1.82, 2.24) is 4.90 Å². The quantitative estimate of drug-likeness (QED) is 0.748. The number of imide groups is 1. The van der Waals surface area contributed by atoms with Gasteiger partial charge in [0.15, 0.2) is 0 Å². The van der Waals surface area contributed by atoms with Gasteiger partial charge in [0.25, 0.3) is 0 Å². The minimum absolute atomic E-state index is 0.00711. The minimum atomic E-state index is -0.700. The topological polar surface area (TPSA) is 79.6 Å². The molecule has 1 aliphatic rings. The Labute approximate surface area is 165 Å². The van der Waals surface area contributed by atoms with E-state index in [1.807, 2.05) is 50.2 Å². The molecule has 1 unspecified atom stereocenters. The molecule has 0 spiro atoms. The van der Waals surface area contributed by atoms with Crippen LogP contribution in [0.15, 0.2) is 54.6 Å². The van der Waals surface area contributed by atoms with Crippen LogP contribution in [0.1, 0.15) is 37.3 Å². The number of cyclic esters (lactones) is 1. The number of ether oxygens (including phenoxy) is 2. The van der Waals surface area contributed by atoms with E-state index in [4.69, 9.17) is 14.7 Å². The van der Waals surface area contributed by atoms with Crippen molar-refractivity contribution in [1.29, 1.82) is 5.26 Å². The zero-order valence-electron chi connectivity index (χ0n) is 16.1. The van der Waals surface area contributed by atoms with Crippen molar-refractivity contribution in [3.05, 3.63) is 65.7 Å². The first kappa shape index (κ1) is 21.0. The van der Waals surface area contributed by atoms with Crippen molar-refractivity contribution >= 4 is 12.0 Å². The maximum Gasteiger partial charge on any atom is 0.416 e. The summed E-state index contributed by atoms with van der Waals surface area (Å²) >= 11 is 0. The van der Waals surface area contributed by atoms with Crippen LogP contribution >= 0.6 is 0 Å². The number of carbonyl (C=O) groups excluding carboxylic acids is 2. The second kappa shape index (κ2) is 10.7. The van der Waals surface area contributed by atoms with Crippen LogP contribution in [0, 0.1) is 11.3 Å². The number of amides is 2. The first-order valence-electron chi connectivity index (χ1n) is 9.31. The SMILES string of the molecule is CC.N#CCC(C(=O)N1CCOC1=O)c1ccc(OCc2ccccc2)cc1. The van der Waals surface area contributed by atoms with Crippen molar-refractivity contribution < 1.29 is 19.1 Å². The predicted octanol–water partition coefficient (Wildman–Crippen LogP) is 4.27. The smallest absolute Gasteiger partial charge is 0.416 e. The molecule has 2 aromatic rings. The molecule has 6 nitrogen and oxygen atoms in total. The normalized spacial score (nSPS) is 13.6. The van der Waals surface area contributed by atoms with E-state index in [2.05, 4.69) is 0 Å². The van der Waals surface area contributed by atoms with Gasteiger partial charge in [-0.05, 0) is 23.3 Å². The van der Waals surface area contributed by atoms with Crippen LogP contribution in [-0.4, -0.2) is 30.1 Å². The van der Waals surface area contributed by atoms with E-state index < -0.39 is 17.9 Å². The summed E-state index contributed by atoms with van der Waals surface area (Å²) in [7, 11) is 0. The van der Waals surface area contributed by atoms with Gasteiger partial charge in [0.1, 0.15) is 19.0 Å². The molecule has 28 heavy (non-hydrogen) atoms. The van der Waals surface area contributed by atoms with Gasteiger partial charge in [0.05, 0.1) is 25.0 Å². The highest BCUT2D eigenvalue weighted by Gasteiger charge is 2.34. The summed E-state index contributed by atoms with van der Waals surface area (Å²) in [5, 5.41) is 9.06. The van der Waals surface area contributed by atoms with E-state index in [-0.39, 0.29) is 19.6 Å². The molecule has 1 fully saturated rings.